The fourth-order valence-corrected chi connectivity index (χ4v) is 2.05. The summed E-state index contributed by atoms with van der Waals surface area (Å²) in [6.45, 7) is 6.12. The van der Waals surface area contributed by atoms with E-state index in [1.807, 2.05) is 6.07 Å². The number of nitrogens with one attached hydrogen (secondary N) is 1. The Bertz CT molecular complexity index is 404. The van der Waals surface area contributed by atoms with Gasteiger partial charge >= 0.3 is 0 Å². The van der Waals surface area contributed by atoms with Gasteiger partial charge in [-0.15, -0.1) is 0 Å². The molecule has 1 atom stereocenters. The molecule has 1 fully saturated rings. The van der Waals surface area contributed by atoms with Crippen LogP contribution in [0, 0.1) is 5.92 Å². The number of ether oxygens (including phenoxy) is 2. The lowest BCUT2D eigenvalue weighted by Crippen LogP contribution is -2.10. The molecule has 0 amide bonds. The van der Waals surface area contributed by atoms with Gasteiger partial charge in [0.1, 0.15) is 11.9 Å². The molecule has 1 unspecified atom stereocenters. The van der Waals surface area contributed by atoms with Crippen molar-refractivity contribution in [3.8, 4) is 5.88 Å². The third kappa shape index (κ3) is 4.06. The van der Waals surface area contributed by atoms with Crippen LogP contribution in [0.5, 0.6) is 5.88 Å². The lowest BCUT2D eigenvalue weighted by atomic mass is 10.1. The topological polar surface area (TPSA) is 56.3 Å². The minimum Gasteiger partial charge on any atom is -0.481 e. The first kappa shape index (κ1) is 14.1. The van der Waals surface area contributed by atoms with Gasteiger partial charge in [-0.25, -0.2) is 4.98 Å². The summed E-state index contributed by atoms with van der Waals surface area (Å²) in [5, 5.41) is 3.33. The van der Waals surface area contributed by atoms with Crippen LogP contribution in [0.3, 0.4) is 0 Å². The largest absolute Gasteiger partial charge is 0.481 e. The van der Waals surface area contributed by atoms with Gasteiger partial charge in [0, 0.05) is 19.2 Å². The fraction of sp³-hybridized carbons (Fsp3) is 0.714. The molecule has 106 valence electrons. The molecular formula is C14H23N3O2. The number of methoxy groups -OCH3 is 1. The molecule has 1 aliphatic heterocycles. The minimum absolute atomic E-state index is 0.0146. The Balaban J connectivity index is 2.06. The van der Waals surface area contributed by atoms with Crippen LogP contribution in [-0.4, -0.2) is 30.2 Å². The molecule has 0 aliphatic carbocycles. The highest BCUT2D eigenvalue weighted by Gasteiger charge is 2.21. The van der Waals surface area contributed by atoms with Gasteiger partial charge in [0.15, 0.2) is 5.82 Å². The molecule has 1 saturated heterocycles. The maximum atomic E-state index is 5.63. The average molecular weight is 265 g/mol. The second-order valence-electron chi connectivity index (χ2n) is 5.26. The van der Waals surface area contributed by atoms with Gasteiger partial charge in [-0.2, -0.15) is 4.98 Å². The fourth-order valence-electron chi connectivity index (χ4n) is 2.05. The predicted octanol–water partition coefficient (Wildman–Crippen LogP) is 2.79. The van der Waals surface area contributed by atoms with Crippen LogP contribution in [0.15, 0.2) is 6.07 Å². The van der Waals surface area contributed by atoms with Crippen molar-refractivity contribution in [2.45, 2.75) is 39.2 Å². The Morgan fingerprint density at radius 3 is 2.95 bits per heavy atom. The van der Waals surface area contributed by atoms with Gasteiger partial charge in [-0.3, -0.25) is 0 Å². The summed E-state index contributed by atoms with van der Waals surface area (Å²) in [6.07, 6.45) is 3.18. The third-order valence-electron chi connectivity index (χ3n) is 3.17. The molecule has 1 aliphatic rings. The molecule has 1 aromatic heterocycles. The van der Waals surface area contributed by atoms with Crippen molar-refractivity contribution in [1.29, 1.82) is 0 Å². The van der Waals surface area contributed by atoms with Crippen molar-refractivity contribution >= 4 is 5.82 Å². The molecule has 1 N–H and O–H groups in total. The standard InChI is InChI=1S/C14H23N3O2/c1-10(2)6-7-15-12-9-13(18-3)17-14(16-12)11-5-4-8-19-11/h9-11H,4-8H2,1-3H3,(H,15,16,17). The van der Waals surface area contributed by atoms with Crippen LogP contribution in [0.1, 0.15) is 45.0 Å². The van der Waals surface area contributed by atoms with Gasteiger partial charge < -0.3 is 14.8 Å². The quantitative estimate of drug-likeness (QED) is 0.857. The summed E-state index contributed by atoms with van der Waals surface area (Å²) < 4.78 is 10.9. The summed E-state index contributed by atoms with van der Waals surface area (Å²) in [4.78, 5) is 8.91. The Hall–Kier alpha value is -1.36. The SMILES string of the molecule is COc1cc(NCCC(C)C)nc(C2CCCO2)n1. The lowest BCUT2D eigenvalue weighted by molar-refractivity contribution is 0.104. The van der Waals surface area contributed by atoms with Gasteiger partial charge in [0.25, 0.3) is 0 Å². The van der Waals surface area contributed by atoms with Crippen molar-refractivity contribution in [2.24, 2.45) is 5.92 Å². The van der Waals surface area contributed by atoms with E-state index in [1.54, 1.807) is 7.11 Å². The van der Waals surface area contributed by atoms with Crippen LogP contribution in [0.4, 0.5) is 5.82 Å². The second kappa shape index (κ2) is 6.70. The van der Waals surface area contributed by atoms with Crippen molar-refractivity contribution in [1.82, 2.24) is 9.97 Å². The van der Waals surface area contributed by atoms with Crippen molar-refractivity contribution in [2.75, 3.05) is 25.6 Å². The van der Waals surface area contributed by atoms with Crippen LogP contribution in [-0.2, 0) is 4.74 Å². The lowest BCUT2D eigenvalue weighted by Gasteiger charge is -2.13. The van der Waals surface area contributed by atoms with E-state index >= 15 is 0 Å². The molecule has 2 heterocycles. The molecule has 0 bridgehead atoms. The van der Waals surface area contributed by atoms with E-state index in [4.69, 9.17) is 9.47 Å². The maximum Gasteiger partial charge on any atom is 0.218 e. The third-order valence-corrected chi connectivity index (χ3v) is 3.17. The van der Waals surface area contributed by atoms with Gasteiger partial charge in [-0.1, -0.05) is 13.8 Å². The zero-order valence-electron chi connectivity index (χ0n) is 12.0. The van der Waals surface area contributed by atoms with Gasteiger partial charge in [0.05, 0.1) is 7.11 Å². The summed E-state index contributed by atoms with van der Waals surface area (Å²) in [6, 6.07) is 1.83. The Kier molecular flexibility index (Phi) is 4.96. The number of aromatic nitrogens is 2. The number of nitrogens with zero attached hydrogens (tertiary/aromatic N) is 2. The van der Waals surface area contributed by atoms with E-state index in [9.17, 15) is 0 Å². The minimum atomic E-state index is 0.0146. The van der Waals surface area contributed by atoms with Gasteiger partial charge in [0.2, 0.25) is 5.88 Å². The highest BCUT2D eigenvalue weighted by Crippen LogP contribution is 2.28. The van der Waals surface area contributed by atoms with Crippen LogP contribution >= 0.6 is 0 Å². The highest BCUT2D eigenvalue weighted by molar-refractivity contribution is 5.38. The van der Waals surface area contributed by atoms with Crippen molar-refractivity contribution in [3.05, 3.63) is 11.9 Å². The van der Waals surface area contributed by atoms with E-state index in [2.05, 4.69) is 29.1 Å². The molecule has 0 aromatic carbocycles. The monoisotopic (exact) mass is 265 g/mol. The van der Waals surface area contributed by atoms with E-state index in [-0.39, 0.29) is 6.10 Å². The normalized spacial score (nSPS) is 18.8. The van der Waals surface area contributed by atoms with Crippen molar-refractivity contribution in [3.63, 3.8) is 0 Å². The molecule has 2 rings (SSSR count). The van der Waals surface area contributed by atoms with E-state index in [0.717, 1.165) is 44.1 Å². The second-order valence-corrected chi connectivity index (χ2v) is 5.26. The summed E-state index contributed by atoms with van der Waals surface area (Å²) in [5.41, 5.74) is 0. The molecule has 5 nitrogen and oxygen atoms in total. The van der Waals surface area contributed by atoms with E-state index in [1.165, 1.54) is 0 Å². The van der Waals surface area contributed by atoms with E-state index < -0.39 is 0 Å². The smallest absolute Gasteiger partial charge is 0.218 e. The summed E-state index contributed by atoms with van der Waals surface area (Å²) in [5.74, 6) is 2.81. The van der Waals surface area contributed by atoms with Gasteiger partial charge in [-0.05, 0) is 25.2 Å². The first-order valence-corrected chi connectivity index (χ1v) is 6.97. The first-order valence-electron chi connectivity index (χ1n) is 6.97. The maximum absolute atomic E-state index is 5.63. The molecule has 0 spiro atoms. The van der Waals surface area contributed by atoms with Crippen LogP contribution in [0.25, 0.3) is 0 Å². The van der Waals surface area contributed by atoms with Crippen molar-refractivity contribution < 1.29 is 9.47 Å². The molecule has 1 aromatic rings. The molecule has 19 heavy (non-hydrogen) atoms. The summed E-state index contributed by atoms with van der Waals surface area (Å²) >= 11 is 0. The Morgan fingerprint density at radius 2 is 2.32 bits per heavy atom. The molecule has 0 saturated carbocycles. The first-order chi connectivity index (χ1) is 9.19. The van der Waals surface area contributed by atoms with E-state index in [0.29, 0.717) is 11.8 Å². The zero-order chi connectivity index (χ0) is 13.7. The van der Waals surface area contributed by atoms with Crippen LogP contribution in [0.2, 0.25) is 0 Å². The number of anilines is 1. The molecule has 5 heteroatoms. The Morgan fingerprint density at radius 1 is 1.47 bits per heavy atom. The zero-order valence-corrected chi connectivity index (χ0v) is 12.0. The number of hydrogen-bond acceptors (Lipinski definition) is 5. The average Bonchev–Trinajstić information content (AvgIpc) is 2.92. The predicted molar refractivity (Wildman–Crippen MR) is 74.5 cm³/mol. The number of rotatable bonds is 6. The molecule has 0 radical (unpaired) electrons. The highest BCUT2D eigenvalue weighted by atomic mass is 16.5. The summed E-state index contributed by atoms with van der Waals surface area (Å²) in [7, 11) is 1.62. The number of hydrogen-bond donors (Lipinski definition) is 1. The Labute approximate surface area is 114 Å². The van der Waals surface area contributed by atoms with Crippen LogP contribution < -0.4 is 10.1 Å². The molecular weight excluding hydrogens is 242 g/mol.